The highest BCUT2D eigenvalue weighted by atomic mass is 16.7. The van der Waals surface area contributed by atoms with Crippen molar-refractivity contribution in [3.05, 3.63) is 108 Å². The van der Waals surface area contributed by atoms with Crippen molar-refractivity contribution in [1.29, 1.82) is 0 Å². The Morgan fingerprint density at radius 1 is 0.647 bits per heavy atom. The van der Waals surface area contributed by atoms with Crippen LogP contribution in [0.1, 0.15) is 31.1 Å². The number of aliphatic hydroxyl groups is 1. The van der Waals surface area contributed by atoms with Crippen LogP contribution in [0.25, 0.3) is 0 Å². The van der Waals surface area contributed by atoms with Crippen molar-refractivity contribution in [2.45, 2.75) is 24.6 Å². The fourth-order valence-electron chi connectivity index (χ4n) is 3.46. The zero-order valence-electron chi connectivity index (χ0n) is 18.0. The smallest absolute Gasteiger partial charge is 0.338 e. The van der Waals surface area contributed by atoms with Gasteiger partial charge in [0.2, 0.25) is 0 Å². The molecule has 0 bridgehead atoms. The predicted octanol–water partition coefficient (Wildman–Crippen LogP) is 3.01. The van der Waals surface area contributed by atoms with Gasteiger partial charge in [0, 0.05) is 0 Å². The van der Waals surface area contributed by atoms with E-state index >= 15 is 0 Å². The molecule has 0 unspecified atom stereocenters. The molecule has 1 fully saturated rings. The predicted molar refractivity (Wildman–Crippen MR) is 119 cm³/mol. The van der Waals surface area contributed by atoms with Gasteiger partial charge < -0.3 is 24.1 Å². The van der Waals surface area contributed by atoms with Crippen LogP contribution >= 0.6 is 0 Å². The summed E-state index contributed by atoms with van der Waals surface area (Å²) in [5.41, 5.74) is 0.838. The molecule has 0 spiro atoms. The van der Waals surface area contributed by atoms with E-state index in [9.17, 15) is 19.5 Å². The first-order valence-electron chi connectivity index (χ1n) is 10.6. The van der Waals surface area contributed by atoms with Gasteiger partial charge in [0.05, 0.1) is 16.7 Å². The third-order valence-corrected chi connectivity index (χ3v) is 5.18. The topological polar surface area (TPSA) is 108 Å². The number of hydrogen-bond acceptors (Lipinski definition) is 8. The number of aliphatic hydroxyl groups excluding tert-OH is 1. The van der Waals surface area contributed by atoms with Crippen LogP contribution in [0.15, 0.2) is 91.0 Å². The van der Waals surface area contributed by atoms with Crippen LogP contribution in [0, 0.1) is 0 Å². The molecule has 3 aromatic rings. The lowest BCUT2D eigenvalue weighted by atomic mass is 10.1. The van der Waals surface area contributed by atoms with E-state index < -0.39 is 42.5 Å². The lowest BCUT2D eigenvalue weighted by Gasteiger charge is -2.23. The summed E-state index contributed by atoms with van der Waals surface area (Å²) in [5.74, 6) is -2.05. The summed E-state index contributed by atoms with van der Waals surface area (Å²) in [4.78, 5) is 37.6. The summed E-state index contributed by atoms with van der Waals surface area (Å²) in [5, 5.41) is 10.5. The van der Waals surface area contributed by atoms with E-state index in [0.29, 0.717) is 5.56 Å². The molecule has 3 aromatic carbocycles. The molecule has 1 aliphatic rings. The third-order valence-electron chi connectivity index (χ3n) is 5.18. The van der Waals surface area contributed by atoms with Crippen molar-refractivity contribution < 1.29 is 38.4 Å². The Balaban J connectivity index is 1.51. The van der Waals surface area contributed by atoms with Crippen molar-refractivity contribution in [3.8, 4) is 0 Å². The van der Waals surface area contributed by atoms with Gasteiger partial charge in [-0.15, -0.1) is 0 Å². The van der Waals surface area contributed by atoms with Crippen LogP contribution in [-0.2, 0) is 18.9 Å². The van der Waals surface area contributed by atoms with Gasteiger partial charge in [-0.1, -0.05) is 54.6 Å². The van der Waals surface area contributed by atoms with Gasteiger partial charge in [-0.05, 0) is 36.4 Å². The van der Waals surface area contributed by atoms with Crippen molar-refractivity contribution in [1.82, 2.24) is 0 Å². The molecule has 174 valence electrons. The summed E-state index contributed by atoms with van der Waals surface area (Å²) in [6.45, 7) is -0.336. The van der Waals surface area contributed by atoms with Crippen molar-refractivity contribution in [3.63, 3.8) is 0 Å². The van der Waals surface area contributed by atoms with E-state index in [0.717, 1.165) is 0 Å². The van der Waals surface area contributed by atoms with Gasteiger partial charge >= 0.3 is 17.9 Å². The summed E-state index contributed by atoms with van der Waals surface area (Å²) in [7, 11) is 0. The molecule has 0 aliphatic carbocycles. The molecule has 0 saturated carbocycles. The van der Waals surface area contributed by atoms with E-state index in [-0.39, 0.29) is 17.7 Å². The van der Waals surface area contributed by atoms with Crippen LogP contribution in [0.5, 0.6) is 0 Å². The molecule has 1 heterocycles. The molecule has 0 amide bonds. The first-order chi connectivity index (χ1) is 16.5. The van der Waals surface area contributed by atoms with Crippen molar-refractivity contribution in [2.24, 2.45) is 0 Å². The number of ether oxygens (including phenoxy) is 4. The summed E-state index contributed by atoms with van der Waals surface area (Å²) in [6.07, 6.45) is -5.22. The quantitative estimate of drug-likeness (QED) is 0.422. The Labute approximate surface area is 195 Å². The highest BCUT2D eigenvalue weighted by Crippen LogP contribution is 2.28. The Hall–Kier alpha value is -4.01. The summed E-state index contributed by atoms with van der Waals surface area (Å²) >= 11 is 0. The van der Waals surface area contributed by atoms with Gasteiger partial charge in [-0.25, -0.2) is 14.4 Å². The van der Waals surface area contributed by atoms with Crippen LogP contribution in [0.4, 0.5) is 0 Å². The second-order valence-electron chi connectivity index (χ2n) is 7.50. The summed E-state index contributed by atoms with van der Waals surface area (Å²) in [6, 6.07) is 24.7. The average Bonchev–Trinajstić information content (AvgIpc) is 3.17. The van der Waals surface area contributed by atoms with Crippen molar-refractivity contribution in [2.75, 3.05) is 6.61 Å². The van der Waals surface area contributed by atoms with Gasteiger partial charge in [-0.2, -0.15) is 0 Å². The number of rotatable bonds is 7. The lowest BCUT2D eigenvalue weighted by Crippen LogP contribution is -2.42. The van der Waals surface area contributed by atoms with Gasteiger partial charge in [0.15, 0.2) is 18.5 Å². The zero-order valence-corrected chi connectivity index (χ0v) is 18.0. The maximum atomic E-state index is 12.7. The molecule has 1 saturated heterocycles. The molecule has 8 nitrogen and oxygen atoms in total. The largest absolute Gasteiger partial charge is 0.459 e. The van der Waals surface area contributed by atoms with Crippen LogP contribution < -0.4 is 0 Å². The molecule has 0 radical (unpaired) electrons. The number of hydrogen-bond donors (Lipinski definition) is 1. The van der Waals surface area contributed by atoms with E-state index in [1.54, 1.807) is 91.0 Å². The van der Waals surface area contributed by atoms with Crippen LogP contribution in [0.3, 0.4) is 0 Å². The normalized spacial score (nSPS) is 21.4. The Bertz CT molecular complexity index is 1120. The minimum absolute atomic E-state index is 0.252. The molecule has 4 rings (SSSR count). The molecular weight excluding hydrogens is 440 g/mol. The molecule has 8 heteroatoms. The SMILES string of the molecule is O=C(OC[C@H]1O[C@@H](O)[C@H](OC(=O)c2ccccc2)[C@H]1OC(=O)c1ccccc1)c1ccccc1. The van der Waals surface area contributed by atoms with E-state index in [1.165, 1.54) is 0 Å². The zero-order chi connectivity index (χ0) is 23.9. The molecule has 1 N–H and O–H groups in total. The third kappa shape index (κ3) is 5.48. The second kappa shape index (κ2) is 10.7. The molecule has 0 aromatic heterocycles. The summed E-state index contributed by atoms with van der Waals surface area (Å²) < 4.78 is 21.8. The van der Waals surface area contributed by atoms with Gasteiger partial charge in [0.1, 0.15) is 12.7 Å². The second-order valence-corrected chi connectivity index (χ2v) is 7.50. The highest BCUT2D eigenvalue weighted by Gasteiger charge is 2.50. The molecule has 34 heavy (non-hydrogen) atoms. The lowest BCUT2D eigenvalue weighted by molar-refractivity contribution is -0.135. The number of esters is 3. The Morgan fingerprint density at radius 3 is 1.53 bits per heavy atom. The number of benzene rings is 3. The fourth-order valence-corrected chi connectivity index (χ4v) is 3.46. The van der Waals surface area contributed by atoms with E-state index in [4.69, 9.17) is 18.9 Å². The Morgan fingerprint density at radius 2 is 1.06 bits per heavy atom. The number of carbonyl (C=O) groups excluding carboxylic acids is 3. The van der Waals surface area contributed by atoms with E-state index in [1.807, 2.05) is 0 Å². The maximum Gasteiger partial charge on any atom is 0.338 e. The average molecular weight is 462 g/mol. The first kappa shape index (κ1) is 23.2. The molecule has 1 aliphatic heterocycles. The Kier molecular flexibility index (Phi) is 7.31. The monoisotopic (exact) mass is 462 g/mol. The fraction of sp³-hybridized carbons (Fsp3) is 0.192. The minimum Gasteiger partial charge on any atom is -0.459 e. The minimum atomic E-state index is -1.60. The van der Waals surface area contributed by atoms with Crippen LogP contribution in [-0.4, -0.2) is 54.2 Å². The highest BCUT2D eigenvalue weighted by molar-refractivity contribution is 5.90. The van der Waals surface area contributed by atoms with Crippen LogP contribution in [0.2, 0.25) is 0 Å². The van der Waals surface area contributed by atoms with Gasteiger partial charge in [-0.3, -0.25) is 0 Å². The standard InChI is InChI=1S/C26H22O8/c27-23(17-10-4-1-5-11-17)31-16-20-21(33-24(28)18-12-6-2-7-13-18)22(26(30)32-20)34-25(29)19-14-8-3-9-15-19/h1-15,20-22,26,30H,16H2/t20-,21+,22-,26-/m1/s1. The number of carbonyl (C=O) groups is 3. The molecule has 4 atom stereocenters. The van der Waals surface area contributed by atoms with Crippen molar-refractivity contribution >= 4 is 17.9 Å². The molecular formula is C26H22O8. The first-order valence-corrected chi connectivity index (χ1v) is 10.6. The maximum absolute atomic E-state index is 12.7. The van der Waals surface area contributed by atoms with E-state index in [2.05, 4.69) is 0 Å². The van der Waals surface area contributed by atoms with Gasteiger partial charge in [0.25, 0.3) is 0 Å².